The van der Waals surface area contributed by atoms with Crippen molar-refractivity contribution >= 4 is 34.2 Å². The summed E-state index contributed by atoms with van der Waals surface area (Å²) in [7, 11) is 0. The van der Waals surface area contributed by atoms with Crippen LogP contribution in [0.1, 0.15) is 35.4 Å². The van der Waals surface area contributed by atoms with Gasteiger partial charge in [-0.15, -0.1) is 5.10 Å². The highest BCUT2D eigenvalue weighted by Gasteiger charge is 2.29. The van der Waals surface area contributed by atoms with Gasteiger partial charge in [-0.05, 0) is 57.4 Å². The standard InChI is InChI=1S/C27H29ClN6O/c1-17-10-12-22(13-11-17)34-19(3)24-18(2)30-31-26(25(24)32-34)33-14-6-8-21(16-33)27(35)29-15-20-7-4-5-9-23(20)28/h4-5,7,9-13,21H,6,8,14-16H2,1-3H3,(H,29,35). The molecule has 1 aliphatic heterocycles. The van der Waals surface area contributed by atoms with Crippen LogP contribution in [-0.2, 0) is 11.3 Å². The maximum atomic E-state index is 13.0. The lowest BCUT2D eigenvalue weighted by Gasteiger charge is -2.32. The van der Waals surface area contributed by atoms with E-state index in [0.29, 0.717) is 18.1 Å². The third-order valence-corrected chi connectivity index (χ3v) is 7.13. The Balaban J connectivity index is 1.40. The first-order valence-corrected chi connectivity index (χ1v) is 12.4. The topological polar surface area (TPSA) is 75.9 Å². The van der Waals surface area contributed by atoms with Crippen molar-refractivity contribution in [3.8, 4) is 5.69 Å². The molecule has 35 heavy (non-hydrogen) atoms. The van der Waals surface area contributed by atoms with Crippen LogP contribution in [0.25, 0.3) is 16.6 Å². The maximum Gasteiger partial charge on any atom is 0.225 e. The van der Waals surface area contributed by atoms with Crippen molar-refractivity contribution in [1.29, 1.82) is 0 Å². The van der Waals surface area contributed by atoms with Gasteiger partial charge in [-0.2, -0.15) is 10.2 Å². The molecule has 0 bridgehead atoms. The molecular formula is C27H29ClN6O. The summed E-state index contributed by atoms with van der Waals surface area (Å²) >= 11 is 6.25. The number of nitrogens with one attached hydrogen (secondary N) is 1. The van der Waals surface area contributed by atoms with Crippen LogP contribution in [-0.4, -0.2) is 39.0 Å². The first kappa shape index (κ1) is 23.3. The van der Waals surface area contributed by atoms with Crippen molar-refractivity contribution in [3.05, 3.63) is 76.1 Å². The van der Waals surface area contributed by atoms with E-state index in [2.05, 4.69) is 58.5 Å². The molecule has 5 rings (SSSR count). The Morgan fingerprint density at radius 3 is 2.63 bits per heavy atom. The second-order valence-corrected chi connectivity index (χ2v) is 9.67. The zero-order chi connectivity index (χ0) is 24.5. The number of fused-ring (bicyclic) bond motifs is 1. The number of anilines is 1. The van der Waals surface area contributed by atoms with Crippen LogP contribution in [0, 0.1) is 26.7 Å². The quantitative estimate of drug-likeness (QED) is 0.431. The SMILES string of the molecule is Cc1ccc(-n2nc3c(N4CCCC(C(=O)NCc5ccccc5Cl)C4)nnc(C)c3c2C)cc1. The summed E-state index contributed by atoms with van der Waals surface area (Å²) in [4.78, 5) is 15.2. The van der Waals surface area contributed by atoms with Gasteiger partial charge >= 0.3 is 0 Å². The fourth-order valence-corrected chi connectivity index (χ4v) is 5.02. The van der Waals surface area contributed by atoms with Gasteiger partial charge < -0.3 is 10.2 Å². The van der Waals surface area contributed by atoms with Gasteiger partial charge in [-0.3, -0.25) is 4.79 Å². The Labute approximate surface area is 210 Å². The number of hydrogen-bond acceptors (Lipinski definition) is 5. The van der Waals surface area contributed by atoms with Gasteiger partial charge in [-0.1, -0.05) is 47.5 Å². The van der Waals surface area contributed by atoms with Crippen LogP contribution in [0.4, 0.5) is 5.82 Å². The van der Waals surface area contributed by atoms with Gasteiger partial charge in [0.1, 0.15) is 5.52 Å². The predicted molar refractivity (Wildman–Crippen MR) is 139 cm³/mol. The fourth-order valence-electron chi connectivity index (χ4n) is 4.81. The molecule has 1 aliphatic rings. The first-order chi connectivity index (χ1) is 16.9. The third-order valence-electron chi connectivity index (χ3n) is 6.77. The average molecular weight is 489 g/mol. The van der Waals surface area contributed by atoms with Crippen LogP contribution < -0.4 is 10.2 Å². The van der Waals surface area contributed by atoms with E-state index in [0.717, 1.165) is 58.7 Å². The van der Waals surface area contributed by atoms with Gasteiger partial charge in [0.05, 0.1) is 28.4 Å². The lowest BCUT2D eigenvalue weighted by molar-refractivity contribution is -0.125. The van der Waals surface area contributed by atoms with E-state index >= 15 is 0 Å². The molecule has 1 fully saturated rings. The highest BCUT2D eigenvalue weighted by Crippen LogP contribution is 2.31. The molecule has 2 aromatic carbocycles. The van der Waals surface area contributed by atoms with E-state index in [9.17, 15) is 4.79 Å². The zero-order valence-electron chi connectivity index (χ0n) is 20.3. The fraction of sp³-hybridized carbons (Fsp3) is 0.333. The molecule has 0 aliphatic carbocycles. The average Bonchev–Trinajstić information content (AvgIpc) is 3.22. The highest BCUT2D eigenvalue weighted by atomic mass is 35.5. The van der Waals surface area contributed by atoms with Crippen molar-refractivity contribution in [2.45, 2.75) is 40.2 Å². The number of aromatic nitrogens is 4. The lowest BCUT2D eigenvalue weighted by atomic mass is 9.97. The van der Waals surface area contributed by atoms with Crippen molar-refractivity contribution in [3.63, 3.8) is 0 Å². The van der Waals surface area contributed by atoms with E-state index < -0.39 is 0 Å². The molecule has 4 aromatic rings. The number of halogens is 1. The maximum absolute atomic E-state index is 13.0. The minimum Gasteiger partial charge on any atom is -0.352 e. The number of hydrogen-bond donors (Lipinski definition) is 1. The molecule has 1 unspecified atom stereocenters. The van der Waals surface area contributed by atoms with Crippen molar-refractivity contribution < 1.29 is 4.79 Å². The summed E-state index contributed by atoms with van der Waals surface area (Å²) < 4.78 is 1.96. The molecule has 1 amide bonds. The molecule has 0 radical (unpaired) electrons. The summed E-state index contributed by atoms with van der Waals surface area (Å²) in [6, 6.07) is 15.9. The molecule has 0 saturated carbocycles. The van der Waals surface area contributed by atoms with Crippen molar-refractivity contribution in [2.24, 2.45) is 5.92 Å². The Hall–Kier alpha value is -3.45. The summed E-state index contributed by atoms with van der Waals surface area (Å²) in [5.74, 6) is 0.639. The van der Waals surface area contributed by atoms with Gasteiger partial charge in [0.25, 0.3) is 0 Å². The van der Waals surface area contributed by atoms with E-state index in [4.69, 9.17) is 16.7 Å². The largest absolute Gasteiger partial charge is 0.352 e. The van der Waals surface area contributed by atoms with E-state index in [-0.39, 0.29) is 11.8 Å². The number of nitrogens with zero attached hydrogens (tertiary/aromatic N) is 5. The predicted octanol–water partition coefficient (Wildman–Crippen LogP) is 4.93. The van der Waals surface area contributed by atoms with Crippen LogP contribution in [0.5, 0.6) is 0 Å². The van der Waals surface area contributed by atoms with Crippen LogP contribution >= 0.6 is 11.6 Å². The second-order valence-electron chi connectivity index (χ2n) is 9.26. The molecule has 1 atom stereocenters. The molecule has 2 aromatic heterocycles. The lowest BCUT2D eigenvalue weighted by Crippen LogP contribution is -2.43. The monoisotopic (exact) mass is 488 g/mol. The Kier molecular flexibility index (Phi) is 6.43. The molecule has 7 nitrogen and oxygen atoms in total. The van der Waals surface area contributed by atoms with E-state index in [1.54, 1.807) is 0 Å². The molecule has 3 heterocycles. The Bertz CT molecular complexity index is 1380. The van der Waals surface area contributed by atoms with E-state index in [1.165, 1.54) is 5.56 Å². The van der Waals surface area contributed by atoms with Crippen LogP contribution in [0.15, 0.2) is 48.5 Å². The van der Waals surface area contributed by atoms with Gasteiger partial charge in [0, 0.05) is 24.7 Å². The number of carbonyl (C=O) groups excluding carboxylic acids is 1. The summed E-state index contributed by atoms with van der Waals surface area (Å²) in [5.41, 5.74) is 5.83. The summed E-state index contributed by atoms with van der Waals surface area (Å²) in [5, 5.41) is 18.7. The van der Waals surface area contributed by atoms with Gasteiger partial charge in [0.2, 0.25) is 5.91 Å². The van der Waals surface area contributed by atoms with Crippen LogP contribution in [0.3, 0.4) is 0 Å². The number of amides is 1. The van der Waals surface area contributed by atoms with Crippen LogP contribution in [0.2, 0.25) is 5.02 Å². The molecule has 180 valence electrons. The third kappa shape index (κ3) is 4.60. The first-order valence-electron chi connectivity index (χ1n) is 12.0. The van der Waals surface area contributed by atoms with Crippen molar-refractivity contribution in [1.82, 2.24) is 25.3 Å². The Morgan fingerprint density at radius 1 is 1.09 bits per heavy atom. The molecule has 0 spiro atoms. The van der Waals surface area contributed by atoms with Gasteiger partial charge in [0.15, 0.2) is 5.82 Å². The number of piperidine rings is 1. The number of benzene rings is 2. The second kappa shape index (κ2) is 9.66. The summed E-state index contributed by atoms with van der Waals surface area (Å²) in [6.07, 6.45) is 1.74. The normalized spacial score (nSPS) is 16.0. The number of aryl methyl sites for hydroxylation is 3. The minimum absolute atomic E-state index is 0.0345. The molecule has 8 heteroatoms. The number of carbonyl (C=O) groups is 1. The van der Waals surface area contributed by atoms with Gasteiger partial charge in [-0.25, -0.2) is 4.68 Å². The molecular weight excluding hydrogens is 460 g/mol. The minimum atomic E-state index is -0.135. The number of rotatable bonds is 5. The zero-order valence-corrected chi connectivity index (χ0v) is 21.0. The van der Waals surface area contributed by atoms with E-state index in [1.807, 2.05) is 35.9 Å². The summed E-state index contributed by atoms with van der Waals surface area (Å²) in [6.45, 7) is 7.92. The van der Waals surface area contributed by atoms with Crippen molar-refractivity contribution in [2.75, 3.05) is 18.0 Å². The molecule has 1 saturated heterocycles. The highest BCUT2D eigenvalue weighted by molar-refractivity contribution is 6.31. The Morgan fingerprint density at radius 2 is 1.86 bits per heavy atom. The smallest absolute Gasteiger partial charge is 0.225 e. The molecule has 1 N–H and O–H groups in total.